The smallest absolute Gasteiger partial charge is 0.382 e. The summed E-state index contributed by atoms with van der Waals surface area (Å²) in [4.78, 5) is 106. The van der Waals surface area contributed by atoms with Crippen molar-refractivity contribution in [2.75, 3.05) is 66.7 Å². The lowest BCUT2D eigenvalue weighted by atomic mass is 9.87. The molecule has 2 saturated heterocycles. The van der Waals surface area contributed by atoms with Crippen LogP contribution >= 0.6 is 0 Å². The Balaban J connectivity index is 1.26. The summed E-state index contributed by atoms with van der Waals surface area (Å²) in [5.74, 6) is -3.34. The number of likely N-dealkylation sites (tertiary alicyclic amines) is 2. The van der Waals surface area contributed by atoms with Gasteiger partial charge in [0.1, 0.15) is 76.6 Å². The first-order valence-electron chi connectivity index (χ1n) is 22.8. The molecule has 4 heterocycles. The van der Waals surface area contributed by atoms with Crippen LogP contribution in [0.3, 0.4) is 0 Å². The number of tetrazole rings is 2. The van der Waals surface area contributed by atoms with E-state index in [1.807, 2.05) is 60.7 Å². The lowest BCUT2D eigenvalue weighted by molar-refractivity contribution is -1.10. The minimum Gasteiger partial charge on any atom is -0.382 e. The second kappa shape index (κ2) is 22.7. The fourth-order valence-electron chi connectivity index (χ4n) is 9.01. The van der Waals surface area contributed by atoms with E-state index in [1.165, 1.54) is 47.6 Å². The second-order valence-electron chi connectivity index (χ2n) is 17.3. The van der Waals surface area contributed by atoms with Crippen LogP contribution in [0.4, 0.5) is 0 Å². The number of piperidine rings is 2. The predicted molar refractivity (Wildman–Crippen MR) is 237 cm³/mol. The van der Waals surface area contributed by atoms with Crippen LogP contribution in [0.25, 0.3) is 0 Å². The highest BCUT2D eigenvalue weighted by molar-refractivity contribution is 6.29. The molecule has 2 aliphatic rings. The number of aromatic nitrogens is 8. The molecular formula is C44H64N12O12+2. The van der Waals surface area contributed by atoms with Crippen LogP contribution in [0.1, 0.15) is 64.5 Å². The van der Waals surface area contributed by atoms with Gasteiger partial charge in [-0.2, -0.15) is 18.7 Å². The molecule has 0 bridgehead atoms. The van der Waals surface area contributed by atoms with Gasteiger partial charge in [0.05, 0.1) is 13.2 Å². The zero-order valence-corrected chi connectivity index (χ0v) is 39.8. The van der Waals surface area contributed by atoms with E-state index in [0.29, 0.717) is 0 Å². The largest absolute Gasteiger partial charge is 0.480 e. The van der Waals surface area contributed by atoms with Crippen molar-refractivity contribution in [3.8, 4) is 0 Å². The van der Waals surface area contributed by atoms with Gasteiger partial charge in [-0.25, -0.2) is 29.3 Å². The van der Waals surface area contributed by atoms with Gasteiger partial charge in [-0.15, -0.1) is 9.29 Å². The Hall–Kier alpha value is -6.18. The lowest BCUT2D eigenvalue weighted by Crippen LogP contribution is -2.67. The number of carbonyl (C=O) groups is 4. The molecule has 2 fully saturated rings. The Morgan fingerprint density at radius 1 is 0.574 bits per heavy atom. The van der Waals surface area contributed by atoms with Crippen LogP contribution in [0.5, 0.6) is 0 Å². The molecule has 0 aliphatic carbocycles. The topological polar surface area (TPSA) is 236 Å². The Morgan fingerprint density at radius 3 is 1.21 bits per heavy atom. The number of rotatable bonds is 22. The Bertz CT molecular complexity index is 2260. The third-order valence-corrected chi connectivity index (χ3v) is 12.8. The van der Waals surface area contributed by atoms with Crippen molar-refractivity contribution in [1.29, 1.82) is 0 Å². The van der Waals surface area contributed by atoms with E-state index in [9.17, 15) is 28.8 Å². The van der Waals surface area contributed by atoms with Crippen LogP contribution in [0, 0.1) is 0 Å². The fraction of sp³-hybridized carbons (Fsp3) is 0.591. The molecule has 68 heavy (non-hydrogen) atoms. The quantitative estimate of drug-likeness (QED) is 0.0602. The first kappa shape index (κ1) is 51.2. The Morgan fingerprint density at radius 2 is 0.912 bits per heavy atom. The summed E-state index contributed by atoms with van der Waals surface area (Å²) in [5.41, 5.74) is -1.24. The number of hydroxylamine groups is 10. The van der Waals surface area contributed by atoms with Crippen LogP contribution in [0.2, 0.25) is 0 Å². The van der Waals surface area contributed by atoms with Crippen LogP contribution in [0.15, 0.2) is 70.3 Å². The number of quaternary nitrogens is 2. The molecule has 2 aliphatic heterocycles. The van der Waals surface area contributed by atoms with Crippen LogP contribution < -0.4 is 11.4 Å². The highest BCUT2D eigenvalue weighted by Crippen LogP contribution is 2.37. The zero-order valence-electron chi connectivity index (χ0n) is 39.8. The van der Waals surface area contributed by atoms with E-state index in [2.05, 4.69) is 20.9 Å². The van der Waals surface area contributed by atoms with E-state index in [1.54, 1.807) is 13.8 Å². The average molecular weight is 953 g/mol. The van der Waals surface area contributed by atoms with Gasteiger partial charge in [0.25, 0.3) is 0 Å². The third-order valence-electron chi connectivity index (χ3n) is 12.8. The summed E-state index contributed by atoms with van der Waals surface area (Å²) in [5, 5.41) is 18.5. The van der Waals surface area contributed by atoms with Crippen LogP contribution in [-0.2, 0) is 87.4 Å². The molecule has 370 valence electrons. The normalized spacial score (nSPS) is 22.6. The molecule has 24 nitrogen and oxygen atoms in total. The number of methoxy groups -OCH3 is 2. The predicted octanol–water partition coefficient (Wildman–Crippen LogP) is 0.802. The molecule has 2 aromatic carbocycles. The number of hydrogen-bond acceptors (Lipinski definition) is 16. The average Bonchev–Trinajstić information content (AvgIpc) is 3.89. The maximum Gasteiger partial charge on any atom is 0.480 e. The molecule has 24 heteroatoms. The van der Waals surface area contributed by atoms with Gasteiger partial charge in [-0.1, -0.05) is 60.7 Å². The summed E-state index contributed by atoms with van der Waals surface area (Å²) in [6.45, 7) is 7.44. The van der Waals surface area contributed by atoms with Crippen molar-refractivity contribution in [3.05, 3.63) is 92.8 Å². The van der Waals surface area contributed by atoms with E-state index in [4.69, 9.17) is 28.8 Å². The molecule has 2 amide bonds. The fourth-order valence-corrected chi connectivity index (χ4v) is 9.01. The van der Waals surface area contributed by atoms with Crippen molar-refractivity contribution < 1.29 is 57.3 Å². The minimum atomic E-state index is -1.31. The number of benzene rings is 2. The van der Waals surface area contributed by atoms with Gasteiger partial charge in [0.2, 0.25) is 11.8 Å². The highest BCUT2D eigenvalue weighted by Gasteiger charge is 2.54. The molecule has 0 N–H and O–H groups in total. The van der Waals surface area contributed by atoms with E-state index in [0.717, 1.165) is 20.5 Å². The van der Waals surface area contributed by atoms with Gasteiger partial charge in [0.15, 0.2) is 0 Å². The Kier molecular flexibility index (Phi) is 17.1. The van der Waals surface area contributed by atoms with Crippen LogP contribution in [-0.4, -0.2) is 161 Å². The Labute approximate surface area is 393 Å². The summed E-state index contributed by atoms with van der Waals surface area (Å²) >= 11 is 0. The van der Waals surface area contributed by atoms with Gasteiger partial charge in [-0.3, -0.25) is 28.9 Å². The van der Waals surface area contributed by atoms with Gasteiger partial charge < -0.3 is 9.47 Å². The first-order chi connectivity index (χ1) is 32.7. The molecule has 0 unspecified atom stereocenters. The minimum absolute atomic E-state index is 0.00521. The number of hydrogen-bond donors (Lipinski definition) is 0. The maximum absolute atomic E-state index is 14.3. The number of aryl methyl sites for hydroxylation is 2. The van der Waals surface area contributed by atoms with Gasteiger partial charge >= 0.3 is 23.3 Å². The van der Waals surface area contributed by atoms with E-state index < -0.39 is 43.7 Å². The zero-order chi connectivity index (χ0) is 49.0. The SMILES string of the molecule is CCn1nnn(CC[N+]2(OC(=O)C(=O)O[N+]3(CCn4nnn(CC)c4=O)CCC(COC)(N(OCc4ccccc4)C(C)=O)CC3)CCC(COC)(N(OCc3ccccc3)C(C)=O)CC2)c1=O. The molecule has 4 aromatic rings. The molecule has 0 atom stereocenters. The van der Waals surface area contributed by atoms with E-state index in [-0.39, 0.29) is 129 Å². The van der Waals surface area contributed by atoms with Crippen molar-refractivity contribution in [2.24, 2.45) is 0 Å². The highest BCUT2D eigenvalue weighted by atomic mass is 16.8. The molecule has 0 spiro atoms. The lowest BCUT2D eigenvalue weighted by Gasteiger charge is -2.49. The number of nitrogens with zero attached hydrogens (tertiary/aromatic N) is 12. The van der Waals surface area contributed by atoms with Crippen molar-refractivity contribution in [2.45, 2.75) is 104 Å². The van der Waals surface area contributed by atoms with E-state index >= 15 is 0 Å². The summed E-state index contributed by atoms with van der Waals surface area (Å²) in [6.07, 6.45) is 0.785. The number of carbonyl (C=O) groups excluding carboxylic acids is 4. The van der Waals surface area contributed by atoms with Gasteiger partial charge in [0, 0.05) is 66.8 Å². The van der Waals surface area contributed by atoms with Crippen molar-refractivity contribution >= 4 is 23.8 Å². The summed E-state index contributed by atoms with van der Waals surface area (Å²) < 4.78 is 15.1. The summed E-state index contributed by atoms with van der Waals surface area (Å²) in [6, 6.07) is 18.7. The molecule has 0 saturated carbocycles. The van der Waals surface area contributed by atoms with Crippen molar-refractivity contribution in [3.63, 3.8) is 0 Å². The second-order valence-corrected chi connectivity index (χ2v) is 17.3. The summed E-state index contributed by atoms with van der Waals surface area (Å²) in [7, 11) is 3.04. The number of ether oxygens (including phenoxy) is 2. The molecule has 2 aromatic heterocycles. The molecule has 6 rings (SSSR count). The maximum atomic E-state index is 14.3. The van der Waals surface area contributed by atoms with Crippen molar-refractivity contribution in [1.82, 2.24) is 49.7 Å². The molecule has 0 radical (unpaired) electrons. The standard InChI is InChI=1S/C44H64N12O12/c1-7-49-41(61)51(47-45-49)23-29-55(25-19-43(20-26-55,33-63-5)53(35(3)57)65-31-37-15-11-9-12-16-37)67-39(59)40(60)68-56(30-24-52-42(62)50(8-2)46-48-52)27-21-44(22-28-56,34-64-6)54(36(4)58)66-32-38-17-13-10-14-18-38/h9-18H,7-8,19-34H2,1-6H3/q+2. The van der Waals surface area contributed by atoms with Gasteiger partial charge in [-0.05, 0) is 45.8 Å². The third kappa shape index (κ3) is 11.9. The first-order valence-corrected chi connectivity index (χ1v) is 22.8. The molecular weight excluding hydrogens is 889 g/mol. The monoisotopic (exact) mass is 952 g/mol. The number of amides is 2.